The average Bonchev–Trinajstić information content (AvgIpc) is 2.77. The number of nitrogens with zero attached hydrogens (tertiary/aromatic N) is 2. The van der Waals surface area contributed by atoms with E-state index in [0.29, 0.717) is 24.5 Å². The maximum atomic E-state index is 12.6. The minimum atomic E-state index is -0.263. The zero-order valence-electron chi connectivity index (χ0n) is 18.3. The van der Waals surface area contributed by atoms with Gasteiger partial charge in [0.1, 0.15) is 5.82 Å². The zero-order chi connectivity index (χ0) is 22.4. The maximum absolute atomic E-state index is 12.6. The van der Waals surface area contributed by atoms with Gasteiger partial charge in [-0.1, -0.05) is 31.2 Å². The van der Waals surface area contributed by atoms with Gasteiger partial charge in [-0.3, -0.25) is 9.79 Å². The van der Waals surface area contributed by atoms with Crippen LogP contribution in [0.2, 0.25) is 0 Å². The summed E-state index contributed by atoms with van der Waals surface area (Å²) in [4.78, 5) is 21.2. The lowest BCUT2D eigenvalue weighted by atomic mass is 9.96. The van der Waals surface area contributed by atoms with Crippen molar-refractivity contribution in [3.63, 3.8) is 0 Å². The van der Waals surface area contributed by atoms with Crippen LogP contribution in [0.15, 0.2) is 59.4 Å². The van der Waals surface area contributed by atoms with Gasteiger partial charge in [0, 0.05) is 30.5 Å². The van der Waals surface area contributed by atoms with Crippen molar-refractivity contribution in [2.24, 2.45) is 10.7 Å². The topological polar surface area (TPSA) is 106 Å². The molecule has 0 fully saturated rings. The molecule has 0 aliphatic carbocycles. The van der Waals surface area contributed by atoms with Crippen LogP contribution in [0.5, 0.6) is 0 Å². The van der Waals surface area contributed by atoms with Gasteiger partial charge in [0.2, 0.25) is 0 Å². The van der Waals surface area contributed by atoms with Crippen LogP contribution in [0, 0.1) is 13.8 Å². The van der Waals surface area contributed by atoms with E-state index in [9.17, 15) is 4.79 Å². The third kappa shape index (κ3) is 5.09. The number of pyridine rings is 1. The minimum Gasteiger partial charge on any atom is -0.404 e. The summed E-state index contributed by atoms with van der Waals surface area (Å²) in [7, 11) is 0. The van der Waals surface area contributed by atoms with E-state index in [4.69, 9.17) is 11.5 Å². The zero-order valence-corrected chi connectivity index (χ0v) is 18.3. The van der Waals surface area contributed by atoms with Crippen molar-refractivity contribution in [3.05, 3.63) is 82.2 Å². The summed E-state index contributed by atoms with van der Waals surface area (Å²) < 4.78 is 0. The Bertz CT molecular complexity index is 1150. The highest BCUT2D eigenvalue weighted by Crippen LogP contribution is 2.27. The Hall–Kier alpha value is -3.67. The van der Waals surface area contributed by atoms with Crippen LogP contribution < -0.4 is 16.8 Å². The number of benzene rings is 2. The molecule has 5 N–H and O–H groups in total. The van der Waals surface area contributed by atoms with Crippen LogP contribution in [-0.4, -0.2) is 17.1 Å². The normalized spacial score (nSPS) is 11.9. The molecule has 1 aromatic heterocycles. The van der Waals surface area contributed by atoms with E-state index in [-0.39, 0.29) is 5.91 Å². The molecule has 0 aliphatic heterocycles. The highest BCUT2D eigenvalue weighted by atomic mass is 16.1. The van der Waals surface area contributed by atoms with Crippen LogP contribution >= 0.6 is 0 Å². The van der Waals surface area contributed by atoms with Crippen molar-refractivity contribution in [3.8, 4) is 0 Å². The summed E-state index contributed by atoms with van der Waals surface area (Å²) in [5.41, 5.74) is 17.6. The maximum Gasteiger partial charge on any atom is 0.254 e. The number of nitrogen functional groups attached to an aromatic ring is 1. The van der Waals surface area contributed by atoms with Gasteiger partial charge >= 0.3 is 0 Å². The molecule has 2 aromatic carbocycles. The minimum absolute atomic E-state index is 0.263. The fourth-order valence-electron chi connectivity index (χ4n) is 3.58. The molecule has 0 atom stereocenters. The molecule has 1 heterocycles. The van der Waals surface area contributed by atoms with E-state index >= 15 is 0 Å². The lowest BCUT2D eigenvalue weighted by Crippen LogP contribution is -2.26. The second kappa shape index (κ2) is 9.89. The van der Waals surface area contributed by atoms with Gasteiger partial charge in [0.15, 0.2) is 0 Å². The Labute approximate surface area is 183 Å². The molecule has 0 saturated heterocycles. The molecule has 3 rings (SSSR count). The second-order valence-electron chi connectivity index (χ2n) is 7.53. The average molecular weight is 416 g/mol. The van der Waals surface area contributed by atoms with Crippen LogP contribution in [0.25, 0.3) is 10.8 Å². The number of hydrogen-bond acceptors (Lipinski definition) is 5. The first-order valence-electron chi connectivity index (χ1n) is 10.4. The molecule has 6 heteroatoms. The summed E-state index contributed by atoms with van der Waals surface area (Å²) in [6, 6.07) is 12.2. The highest BCUT2D eigenvalue weighted by Gasteiger charge is 2.12. The van der Waals surface area contributed by atoms with Gasteiger partial charge < -0.3 is 16.8 Å². The van der Waals surface area contributed by atoms with Crippen LogP contribution in [0.3, 0.4) is 0 Å². The van der Waals surface area contributed by atoms with Crippen LogP contribution in [0.1, 0.15) is 34.7 Å². The summed E-state index contributed by atoms with van der Waals surface area (Å²) in [6.07, 6.45) is 5.51. The number of carbonyl (C=O) groups excluding carboxylic acids is 1. The number of fused-ring (bicyclic) bond motifs is 1. The number of nitrogens with one attached hydrogen (secondary N) is 1. The molecule has 0 radical (unpaired) electrons. The first-order valence-corrected chi connectivity index (χ1v) is 10.4. The third-order valence-corrected chi connectivity index (χ3v) is 5.52. The van der Waals surface area contributed by atoms with Crippen molar-refractivity contribution in [1.82, 2.24) is 10.3 Å². The van der Waals surface area contributed by atoms with Gasteiger partial charge in [-0.25, -0.2) is 4.98 Å². The largest absolute Gasteiger partial charge is 0.404 e. The van der Waals surface area contributed by atoms with E-state index in [1.54, 1.807) is 6.20 Å². The molecule has 31 heavy (non-hydrogen) atoms. The molecular formula is C25H29N5O. The van der Waals surface area contributed by atoms with Gasteiger partial charge in [-0.2, -0.15) is 0 Å². The molecular weight excluding hydrogens is 386 g/mol. The summed E-state index contributed by atoms with van der Waals surface area (Å²) in [5.74, 6) is 0.244. The number of hydrogen-bond donors (Lipinski definition) is 3. The molecule has 0 unspecified atom stereocenters. The molecule has 0 aliphatic rings. The second-order valence-corrected chi connectivity index (χ2v) is 7.53. The van der Waals surface area contributed by atoms with E-state index in [0.717, 1.165) is 39.4 Å². The number of anilines is 1. The van der Waals surface area contributed by atoms with Crippen molar-refractivity contribution < 1.29 is 4.79 Å². The molecule has 0 spiro atoms. The Balaban J connectivity index is 1.67. The van der Waals surface area contributed by atoms with E-state index in [1.165, 1.54) is 18.0 Å². The van der Waals surface area contributed by atoms with E-state index < -0.39 is 0 Å². The Kier molecular flexibility index (Phi) is 7.03. The Morgan fingerprint density at radius 2 is 1.84 bits per heavy atom. The van der Waals surface area contributed by atoms with Gasteiger partial charge in [-0.15, -0.1) is 0 Å². The van der Waals surface area contributed by atoms with Crippen LogP contribution in [-0.2, 0) is 24.3 Å². The van der Waals surface area contributed by atoms with Crippen molar-refractivity contribution in [1.29, 1.82) is 0 Å². The van der Waals surface area contributed by atoms with Crippen LogP contribution in [0.4, 0.5) is 5.82 Å². The first-order chi connectivity index (χ1) is 14.9. The number of amides is 1. The monoisotopic (exact) mass is 415 g/mol. The predicted molar refractivity (Wildman–Crippen MR) is 128 cm³/mol. The van der Waals surface area contributed by atoms with Gasteiger partial charge in [0.25, 0.3) is 5.91 Å². The molecule has 3 aromatic rings. The standard InChI is InChI=1S/C25H29N5O/c1-4-18-5-7-19(8-6-18)13-28-14-20(12-26)25(31)30-15-23-16(2)11-22-21(17(23)3)9-10-29-24(22)27/h5-12,14H,4,13,15,26H2,1-3H3,(H2,27,29)(H,30,31)/b20-12+,28-14?. The number of nitrogens with two attached hydrogens (primary N) is 2. The SMILES string of the molecule is CCc1ccc(CN=C/C(=C\N)C(=O)NCc2c(C)cc3c(N)nccc3c2C)cc1. The number of rotatable bonds is 7. The van der Waals surface area contributed by atoms with E-state index in [1.807, 2.05) is 26.0 Å². The van der Waals surface area contributed by atoms with E-state index in [2.05, 4.69) is 46.5 Å². The third-order valence-electron chi connectivity index (χ3n) is 5.52. The summed E-state index contributed by atoms with van der Waals surface area (Å²) >= 11 is 0. The Morgan fingerprint density at radius 1 is 1.13 bits per heavy atom. The van der Waals surface area contributed by atoms with Gasteiger partial charge in [0.05, 0.1) is 12.1 Å². The fraction of sp³-hybridized carbons (Fsp3) is 0.240. The Morgan fingerprint density at radius 3 is 2.52 bits per heavy atom. The lowest BCUT2D eigenvalue weighted by Gasteiger charge is -2.15. The quantitative estimate of drug-likeness (QED) is 0.404. The lowest BCUT2D eigenvalue weighted by molar-refractivity contribution is -0.117. The summed E-state index contributed by atoms with van der Waals surface area (Å²) in [6.45, 7) is 7.04. The molecule has 0 saturated carbocycles. The number of aliphatic imine (C=N–C) groups is 1. The van der Waals surface area contributed by atoms with Crippen molar-refractivity contribution in [2.45, 2.75) is 40.3 Å². The fourth-order valence-corrected chi connectivity index (χ4v) is 3.58. The number of aryl methyl sites for hydroxylation is 3. The highest BCUT2D eigenvalue weighted by molar-refractivity contribution is 6.12. The number of carbonyl (C=O) groups is 1. The number of aromatic nitrogens is 1. The van der Waals surface area contributed by atoms with Crippen molar-refractivity contribution in [2.75, 3.05) is 5.73 Å². The molecule has 1 amide bonds. The first kappa shape index (κ1) is 22.0. The summed E-state index contributed by atoms with van der Waals surface area (Å²) in [5, 5.41) is 4.91. The van der Waals surface area contributed by atoms with Gasteiger partial charge in [-0.05, 0) is 65.6 Å². The predicted octanol–water partition coefficient (Wildman–Crippen LogP) is 3.73. The smallest absolute Gasteiger partial charge is 0.254 e. The molecule has 0 bridgehead atoms. The van der Waals surface area contributed by atoms with Crippen molar-refractivity contribution >= 4 is 28.7 Å². The molecule has 6 nitrogen and oxygen atoms in total. The molecule has 160 valence electrons.